The zero-order valence-electron chi connectivity index (χ0n) is 22.9. The predicted molar refractivity (Wildman–Crippen MR) is 146 cm³/mol. The van der Waals surface area contributed by atoms with Crippen LogP contribution in [0.4, 0.5) is 0 Å². The summed E-state index contributed by atoms with van der Waals surface area (Å²) in [5.74, 6) is -0.892. The highest BCUT2D eigenvalue weighted by molar-refractivity contribution is 7.47. The van der Waals surface area contributed by atoms with Gasteiger partial charge in [0.15, 0.2) is 6.10 Å². The molecule has 0 aromatic carbocycles. The summed E-state index contributed by atoms with van der Waals surface area (Å²) in [6, 6.07) is 0. The van der Waals surface area contributed by atoms with E-state index < -0.39 is 32.5 Å². The molecule has 0 aromatic rings. The summed E-state index contributed by atoms with van der Waals surface area (Å²) in [6.45, 7) is 3.36. The lowest BCUT2D eigenvalue weighted by Gasteiger charge is -2.19. The summed E-state index contributed by atoms with van der Waals surface area (Å²) in [4.78, 5) is 33.7. The lowest BCUT2D eigenvalue weighted by atomic mass is 10.1. The van der Waals surface area contributed by atoms with Crippen LogP contribution < -0.4 is 5.73 Å². The van der Waals surface area contributed by atoms with E-state index in [0.29, 0.717) is 12.8 Å². The number of ether oxygens (including phenoxy) is 2. The van der Waals surface area contributed by atoms with Crippen LogP contribution in [0.3, 0.4) is 0 Å². The number of allylic oxidation sites excluding steroid dienone is 4. The maximum absolute atomic E-state index is 12.3. The topological polar surface area (TPSA) is 134 Å². The Morgan fingerprint density at radius 1 is 0.811 bits per heavy atom. The molecule has 0 spiro atoms. The number of esters is 2. The van der Waals surface area contributed by atoms with Crippen LogP contribution in [0.15, 0.2) is 24.3 Å². The number of unbranched alkanes of at least 4 members (excludes halogenated alkanes) is 8. The fraction of sp³-hybridized carbons (Fsp3) is 0.778. The summed E-state index contributed by atoms with van der Waals surface area (Å²) in [6.07, 6.45) is 20.4. The van der Waals surface area contributed by atoms with Crippen LogP contribution in [0.1, 0.15) is 104 Å². The van der Waals surface area contributed by atoms with Gasteiger partial charge in [-0.3, -0.25) is 18.6 Å². The summed E-state index contributed by atoms with van der Waals surface area (Å²) < 4.78 is 31.9. The van der Waals surface area contributed by atoms with Crippen molar-refractivity contribution in [2.45, 2.75) is 110 Å². The minimum Gasteiger partial charge on any atom is -0.462 e. The summed E-state index contributed by atoms with van der Waals surface area (Å²) in [5.41, 5.74) is 5.26. The molecule has 0 saturated heterocycles. The second-order valence-electron chi connectivity index (χ2n) is 8.91. The Bertz CT molecular complexity index is 683. The third kappa shape index (κ3) is 24.6. The molecule has 0 rings (SSSR count). The van der Waals surface area contributed by atoms with E-state index >= 15 is 0 Å². The molecule has 0 fully saturated rings. The highest BCUT2D eigenvalue weighted by Gasteiger charge is 2.25. The minimum atomic E-state index is -4.34. The molecule has 216 valence electrons. The van der Waals surface area contributed by atoms with Crippen LogP contribution in [-0.4, -0.2) is 49.3 Å². The molecule has 0 saturated carbocycles. The molecule has 0 heterocycles. The maximum atomic E-state index is 12.3. The van der Waals surface area contributed by atoms with Gasteiger partial charge in [0.2, 0.25) is 0 Å². The van der Waals surface area contributed by atoms with Gasteiger partial charge in [-0.25, -0.2) is 4.57 Å². The molecule has 3 N–H and O–H groups in total. The maximum Gasteiger partial charge on any atom is 0.472 e. The Labute approximate surface area is 223 Å². The van der Waals surface area contributed by atoms with Gasteiger partial charge in [0.1, 0.15) is 6.61 Å². The average Bonchev–Trinajstić information content (AvgIpc) is 2.88. The lowest BCUT2D eigenvalue weighted by Crippen LogP contribution is -2.29. The Morgan fingerprint density at radius 3 is 2.11 bits per heavy atom. The summed E-state index contributed by atoms with van der Waals surface area (Å²) in [5, 5.41) is 0. The van der Waals surface area contributed by atoms with Gasteiger partial charge < -0.3 is 20.1 Å². The molecule has 2 unspecified atom stereocenters. The quantitative estimate of drug-likeness (QED) is 0.0597. The number of carbonyl (C=O) groups excluding carboxylic acids is 2. The number of carbonyl (C=O) groups is 2. The molecule has 10 heteroatoms. The Hall–Kier alpha value is -1.51. The highest BCUT2D eigenvalue weighted by atomic mass is 31.2. The molecule has 0 amide bonds. The van der Waals surface area contributed by atoms with Gasteiger partial charge in [0.25, 0.3) is 0 Å². The summed E-state index contributed by atoms with van der Waals surface area (Å²) >= 11 is 0. The smallest absolute Gasteiger partial charge is 0.462 e. The van der Waals surface area contributed by atoms with Crippen LogP contribution >= 0.6 is 7.82 Å². The molecular formula is C27H50NO8P. The van der Waals surface area contributed by atoms with Crippen LogP contribution in [-0.2, 0) is 32.7 Å². The van der Waals surface area contributed by atoms with Gasteiger partial charge in [-0.2, -0.15) is 0 Å². The summed E-state index contributed by atoms with van der Waals surface area (Å²) in [7, 11) is -4.34. The van der Waals surface area contributed by atoms with Crippen molar-refractivity contribution in [3.63, 3.8) is 0 Å². The number of phosphoric acid groups is 1. The fourth-order valence-corrected chi connectivity index (χ4v) is 3.98. The van der Waals surface area contributed by atoms with E-state index in [2.05, 4.69) is 35.8 Å². The van der Waals surface area contributed by atoms with E-state index in [4.69, 9.17) is 19.7 Å². The molecule has 0 aliphatic heterocycles. The molecule has 0 aliphatic carbocycles. The van der Waals surface area contributed by atoms with Crippen LogP contribution in [0, 0.1) is 0 Å². The van der Waals surface area contributed by atoms with Crippen molar-refractivity contribution in [3.05, 3.63) is 24.3 Å². The number of rotatable bonds is 25. The third-order valence-electron chi connectivity index (χ3n) is 5.34. The van der Waals surface area contributed by atoms with Crippen LogP contribution in [0.25, 0.3) is 0 Å². The zero-order chi connectivity index (χ0) is 27.6. The van der Waals surface area contributed by atoms with Gasteiger partial charge in [-0.15, -0.1) is 0 Å². The second-order valence-corrected chi connectivity index (χ2v) is 10.4. The molecule has 9 nitrogen and oxygen atoms in total. The number of hydrogen-bond donors (Lipinski definition) is 2. The lowest BCUT2D eigenvalue weighted by molar-refractivity contribution is -0.161. The first kappa shape index (κ1) is 35.5. The van der Waals surface area contributed by atoms with E-state index in [1.807, 2.05) is 6.92 Å². The van der Waals surface area contributed by atoms with Crippen molar-refractivity contribution in [1.82, 2.24) is 0 Å². The Kier molecular flexibility index (Phi) is 23.8. The Morgan fingerprint density at radius 2 is 1.43 bits per heavy atom. The third-order valence-corrected chi connectivity index (χ3v) is 6.32. The molecular weight excluding hydrogens is 497 g/mol. The molecule has 0 aromatic heterocycles. The van der Waals surface area contributed by atoms with E-state index in [9.17, 15) is 19.0 Å². The first-order chi connectivity index (χ1) is 17.8. The average molecular weight is 548 g/mol. The molecule has 0 radical (unpaired) electrons. The molecule has 2 atom stereocenters. The van der Waals surface area contributed by atoms with Gasteiger partial charge in [0.05, 0.1) is 13.2 Å². The normalized spacial score (nSPS) is 14.2. The SMILES string of the molecule is CCCC/C=C\C/C=C\CCCCCCCC(=O)OC(COC(=O)CCCC)COP(=O)(O)OCCN. The van der Waals surface area contributed by atoms with E-state index in [0.717, 1.165) is 51.4 Å². The van der Waals surface area contributed by atoms with Gasteiger partial charge in [0, 0.05) is 19.4 Å². The van der Waals surface area contributed by atoms with Gasteiger partial charge in [-0.05, 0) is 38.5 Å². The first-order valence-electron chi connectivity index (χ1n) is 13.8. The molecule has 0 aliphatic rings. The monoisotopic (exact) mass is 547 g/mol. The van der Waals surface area contributed by atoms with Gasteiger partial charge in [-0.1, -0.05) is 76.7 Å². The standard InChI is InChI=1S/C27H50NO8P/c1-3-5-7-8-9-10-11-12-13-14-15-16-17-18-20-27(30)36-25(23-33-26(29)19-6-4-2)24-35-37(31,32)34-22-21-28/h8-9,11-12,25H,3-7,10,13-24,28H2,1-2H3,(H,31,32)/b9-8-,12-11-. The van der Waals surface area contributed by atoms with Crippen molar-refractivity contribution in [2.75, 3.05) is 26.4 Å². The van der Waals surface area contributed by atoms with Crippen molar-refractivity contribution >= 4 is 19.8 Å². The van der Waals surface area contributed by atoms with E-state index in [-0.39, 0.29) is 32.6 Å². The van der Waals surface area contributed by atoms with E-state index in [1.165, 1.54) is 12.8 Å². The first-order valence-corrected chi connectivity index (χ1v) is 15.3. The Balaban J connectivity index is 4.21. The van der Waals surface area contributed by atoms with Crippen molar-refractivity contribution < 1.29 is 37.6 Å². The van der Waals surface area contributed by atoms with E-state index in [1.54, 1.807) is 0 Å². The second kappa shape index (κ2) is 24.8. The number of phosphoric ester groups is 1. The largest absolute Gasteiger partial charge is 0.472 e. The number of nitrogens with two attached hydrogens (primary N) is 1. The van der Waals surface area contributed by atoms with Crippen LogP contribution in [0.5, 0.6) is 0 Å². The van der Waals surface area contributed by atoms with Crippen LogP contribution in [0.2, 0.25) is 0 Å². The number of hydrogen-bond acceptors (Lipinski definition) is 8. The molecule has 0 bridgehead atoms. The van der Waals surface area contributed by atoms with Crippen molar-refractivity contribution in [1.29, 1.82) is 0 Å². The predicted octanol–water partition coefficient (Wildman–Crippen LogP) is 6.15. The zero-order valence-corrected chi connectivity index (χ0v) is 23.8. The fourth-order valence-electron chi connectivity index (χ4n) is 3.21. The minimum absolute atomic E-state index is 0.0505. The van der Waals surface area contributed by atoms with Gasteiger partial charge >= 0.3 is 19.8 Å². The van der Waals surface area contributed by atoms with Crippen molar-refractivity contribution in [3.8, 4) is 0 Å². The van der Waals surface area contributed by atoms with Crippen molar-refractivity contribution in [2.24, 2.45) is 5.73 Å². The molecule has 37 heavy (non-hydrogen) atoms. The highest BCUT2D eigenvalue weighted by Crippen LogP contribution is 2.43.